The van der Waals surface area contributed by atoms with Gasteiger partial charge in [0, 0.05) is 30.2 Å². The average Bonchev–Trinajstić information content (AvgIpc) is 2.49. The van der Waals surface area contributed by atoms with E-state index in [9.17, 15) is 9.59 Å². The molecule has 2 amide bonds. The highest BCUT2D eigenvalue weighted by molar-refractivity contribution is 6.31. The summed E-state index contributed by atoms with van der Waals surface area (Å²) in [6, 6.07) is 13.4. The largest absolute Gasteiger partial charge is 0.331 e. The van der Waals surface area contributed by atoms with Crippen LogP contribution in [0.15, 0.2) is 48.5 Å². The van der Waals surface area contributed by atoms with Gasteiger partial charge in [-0.25, -0.2) is 4.79 Å². The van der Waals surface area contributed by atoms with Gasteiger partial charge in [0.1, 0.15) is 0 Å². The Balaban J connectivity index is 2.40. The summed E-state index contributed by atoms with van der Waals surface area (Å²) in [5.41, 5.74) is 1.34. The molecule has 2 rings (SSSR count). The van der Waals surface area contributed by atoms with Gasteiger partial charge in [0.05, 0.1) is 5.69 Å². The number of carbonyl (C=O) groups excluding carboxylic acids is 2. The molecule has 4 nitrogen and oxygen atoms in total. The van der Waals surface area contributed by atoms with Crippen molar-refractivity contribution >= 4 is 29.1 Å². The third-order valence-electron chi connectivity index (χ3n) is 2.91. The first-order valence-electron chi connectivity index (χ1n) is 6.36. The van der Waals surface area contributed by atoms with E-state index in [2.05, 4.69) is 5.32 Å². The second kappa shape index (κ2) is 6.41. The minimum Gasteiger partial charge on any atom is -0.331 e. The van der Waals surface area contributed by atoms with E-state index in [1.54, 1.807) is 56.6 Å². The van der Waals surface area contributed by atoms with Gasteiger partial charge in [-0.3, -0.25) is 4.79 Å². The standard InChI is InChI=1S/C16H15ClN2O2/c1-19(2)16(21)18-14-9-8-12(17)10-13(14)15(20)11-6-4-3-5-7-11/h3-10H,1-2H3,(H,18,21). The SMILES string of the molecule is CN(C)C(=O)Nc1ccc(Cl)cc1C(=O)c1ccccc1. The summed E-state index contributed by atoms with van der Waals surface area (Å²) < 4.78 is 0. The Bertz CT molecular complexity index is 669. The smallest absolute Gasteiger partial charge is 0.321 e. The van der Waals surface area contributed by atoms with Gasteiger partial charge in [0.2, 0.25) is 0 Å². The molecule has 1 N–H and O–H groups in total. The molecule has 2 aromatic carbocycles. The summed E-state index contributed by atoms with van der Waals surface area (Å²) in [4.78, 5) is 25.7. The first-order chi connectivity index (χ1) is 9.99. The number of anilines is 1. The summed E-state index contributed by atoms with van der Waals surface area (Å²) in [5, 5.41) is 3.14. The minimum absolute atomic E-state index is 0.188. The van der Waals surface area contributed by atoms with E-state index in [0.29, 0.717) is 21.8 Å². The molecule has 0 aliphatic heterocycles. The summed E-state index contributed by atoms with van der Waals surface area (Å²) in [6.07, 6.45) is 0. The molecule has 0 atom stereocenters. The van der Waals surface area contributed by atoms with Gasteiger partial charge in [-0.2, -0.15) is 0 Å². The molecule has 0 spiro atoms. The van der Waals surface area contributed by atoms with Crippen molar-refractivity contribution in [3.8, 4) is 0 Å². The van der Waals surface area contributed by atoms with Crippen LogP contribution in [-0.2, 0) is 0 Å². The maximum atomic E-state index is 12.5. The fourth-order valence-electron chi connectivity index (χ4n) is 1.79. The van der Waals surface area contributed by atoms with Crippen molar-refractivity contribution in [2.45, 2.75) is 0 Å². The van der Waals surface area contributed by atoms with Gasteiger partial charge in [-0.15, -0.1) is 0 Å². The van der Waals surface area contributed by atoms with E-state index in [-0.39, 0.29) is 11.8 Å². The van der Waals surface area contributed by atoms with Crippen LogP contribution in [0.1, 0.15) is 15.9 Å². The topological polar surface area (TPSA) is 49.4 Å². The monoisotopic (exact) mass is 302 g/mol. The van der Waals surface area contributed by atoms with Crippen molar-refractivity contribution in [1.29, 1.82) is 0 Å². The number of nitrogens with one attached hydrogen (secondary N) is 1. The van der Waals surface area contributed by atoms with Gasteiger partial charge in [-0.1, -0.05) is 41.9 Å². The fourth-order valence-corrected chi connectivity index (χ4v) is 1.96. The van der Waals surface area contributed by atoms with Crippen LogP contribution in [0.4, 0.5) is 10.5 Å². The zero-order valence-electron chi connectivity index (χ0n) is 11.8. The number of rotatable bonds is 3. The zero-order chi connectivity index (χ0) is 15.4. The Morgan fingerprint density at radius 3 is 2.33 bits per heavy atom. The second-order valence-corrected chi connectivity index (χ2v) is 5.15. The summed E-state index contributed by atoms with van der Waals surface area (Å²) in [6.45, 7) is 0. The van der Waals surface area contributed by atoms with Crippen LogP contribution < -0.4 is 5.32 Å². The molecule has 0 aliphatic carbocycles. The van der Waals surface area contributed by atoms with Crippen molar-refractivity contribution in [1.82, 2.24) is 4.90 Å². The molecule has 0 fully saturated rings. The molecule has 0 aromatic heterocycles. The zero-order valence-corrected chi connectivity index (χ0v) is 12.5. The molecule has 21 heavy (non-hydrogen) atoms. The van der Waals surface area contributed by atoms with Gasteiger partial charge in [0.25, 0.3) is 0 Å². The molecule has 0 saturated carbocycles. The third-order valence-corrected chi connectivity index (χ3v) is 3.15. The lowest BCUT2D eigenvalue weighted by molar-refractivity contribution is 0.103. The molecular weight excluding hydrogens is 288 g/mol. The summed E-state index contributed by atoms with van der Waals surface area (Å²) in [5.74, 6) is -0.188. The van der Waals surface area contributed by atoms with Crippen molar-refractivity contribution in [2.75, 3.05) is 19.4 Å². The van der Waals surface area contributed by atoms with Crippen molar-refractivity contribution in [3.63, 3.8) is 0 Å². The van der Waals surface area contributed by atoms with E-state index in [1.165, 1.54) is 4.90 Å². The quantitative estimate of drug-likeness (QED) is 0.880. The maximum absolute atomic E-state index is 12.5. The first kappa shape index (κ1) is 15.1. The number of nitrogens with zero attached hydrogens (tertiary/aromatic N) is 1. The molecule has 0 bridgehead atoms. The highest BCUT2D eigenvalue weighted by Gasteiger charge is 2.16. The predicted molar refractivity (Wildman–Crippen MR) is 84.0 cm³/mol. The van der Waals surface area contributed by atoms with Crippen molar-refractivity contribution in [2.24, 2.45) is 0 Å². The normalized spacial score (nSPS) is 10.0. The van der Waals surface area contributed by atoms with Crippen LogP contribution in [0.2, 0.25) is 5.02 Å². The van der Waals surface area contributed by atoms with Crippen LogP contribution >= 0.6 is 11.6 Å². The molecule has 0 aliphatic rings. The van der Waals surface area contributed by atoms with Gasteiger partial charge < -0.3 is 10.2 Å². The second-order valence-electron chi connectivity index (χ2n) is 4.71. The number of halogens is 1. The molecule has 0 heterocycles. The lowest BCUT2D eigenvalue weighted by Gasteiger charge is -2.15. The molecule has 0 radical (unpaired) electrons. The Hall–Kier alpha value is -2.33. The van der Waals surface area contributed by atoms with E-state index >= 15 is 0 Å². The molecule has 0 unspecified atom stereocenters. The van der Waals surface area contributed by atoms with Gasteiger partial charge in [-0.05, 0) is 18.2 Å². The van der Waals surface area contributed by atoms with E-state index < -0.39 is 0 Å². The Labute approximate surface area is 128 Å². The summed E-state index contributed by atoms with van der Waals surface area (Å²) in [7, 11) is 3.26. The van der Waals surface area contributed by atoms with Crippen LogP contribution in [0.3, 0.4) is 0 Å². The fraction of sp³-hybridized carbons (Fsp3) is 0.125. The van der Waals surface area contributed by atoms with Crippen molar-refractivity contribution < 1.29 is 9.59 Å². The molecule has 108 valence electrons. The minimum atomic E-state index is -0.306. The Morgan fingerprint density at radius 2 is 1.71 bits per heavy atom. The van der Waals surface area contributed by atoms with Gasteiger partial charge >= 0.3 is 6.03 Å². The van der Waals surface area contributed by atoms with Crippen LogP contribution in [-0.4, -0.2) is 30.8 Å². The predicted octanol–water partition coefficient (Wildman–Crippen LogP) is 3.66. The van der Waals surface area contributed by atoms with Crippen LogP contribution in [0.25, 0.3) is 0 Å². The van der Waals surface area contributed by atoms with E-state index in [1.807, 2.05) is 6.07 Å². The maximum Gasteiger partial charge on any atom is 0.321 e. The Morgan fingerprint density at radius 1 is 1.05 bits per heavy atom. The molecule has 5 heteroatoms. The number of amides is 2. The number of ketones is 1. The number of urea groups is 1. The first-order valence-corrected chi connectivity index (χ1v) is 6.74. The number of hydrogen-bond donors (Lipinski definition) is 1. The highest BCUT2D eigenvalue weighted by atomic mass is 35.5. The van der Waals surface area contributed by atoms with Crippen LogP contribution in [0, 0.1) is 0 Å². The number of hydrogen-bond acceptors (Lipinski definition) is 2. The number of carbonyl (C=O) groups is 2. The van der Waals surface area contributed by atoms with Crippen molar-refractivity contribution in [3.05, 3.63) is 64.7 Å². The summed E-state index contributed by atoms with van der Waals surface area (Å²) >= 11 is 5.97. The lowest BCUT2D eigenvalue weighted by Crippen LogP contribution is -2.28. The molecule has 2 aromatic rings. The molecular formula is C16H15ClN2O2. The van der Waals surface area contributed by atoms with E-state index in [0.717, 1.165) is 0 Å². The van der Waals surface area contributed by atoms with Gasteiger partial charge in [0.15, 0.2) is 5.78 Å². The highest BCUT2D eigenvalue weighted by Crippen LogP contribution is 2.24. The molecule has 0 saturated heterocycles. The van der Waals surface area contributed by atoms with E-state index in [4.69, 9.17) is 11.6 Å². The number of benzene rings is 2. The lowest BCUT2D eigenvalue weighted by atomic mass is 10.0. The third kappa shape index (κ3) is 3.61. The van der Waals surface area contributed by atoms with Crippen LogP contribution in [0.5, 0.6) is 0 Å². The Kier molecular flexibility index (Phi) is 4.60. The average molecular weight is 303 g/mol.